The van der Waals surface area contributed by atoms with Crippen molar-refractivity contribution >= 4 is 0 Å². The second-order valence-corrected chi connectivity index (χ2v) is 8.98. The van der Waals surface area contributed by atoms with Crippen LogP contribution >= 0.6 is 0 Å². The summed E-state index contributed by atoms with van der Waals surface area (Å²) in [6, 6.07) is 13.7. The first-order chi connectivity index (χ1) is 16.7. The Hall–Kier alpha value is -2.93. The summed E-state index contributed by atoms with van der Waals surface area (Å²) < 4.78 is 80.5. The van der Waals surface area contributed by atoms with Gasteiger partial charge in [0.15, 0.2) is 17.5 Å². The Morgan fingerprint density at radius 3 is 2.11 bits per heavy atom. The average molecular weight is 491 g/mol. The molecule has 0 aliphatic carbocycles. The van der Waals surface area contributed by atoms with Gasteiger partial charge in [0, 0.05) is 11.6 Å². The molecule has 1 saturated heterocycles. The minimum absolute atomic E-state index is 0.0694. The van der Waals surface area contributed by atoms with E-state index >= 15 is 0 Å². The van der Waals surface area contributed by atoms with Crippen molar-refractivity contribution in [2.75, 3.05) is 6.61 Å². The first-order valence-corrected chi connectivity index (χ1v) is 11.7. The third-order valence-electron chi connectivity index (χ3n) is 6.50. The minimum Gasteiger partial charge on any atom is -0.428 e. The maximum absolute atomic E-state index is 14.7. The van der Waals surface area contributed by atoms with Crippen LogP contribution in [0.5, 0.6) is 5.75 Å². The number of hydrogen-bond donors (Lipinski definition) is 0. The van der Waals surface area contributed by atoms with Crippen molar-refractivity contribution < 1.29 is 31.4 Å². The molecule has 2 nitrogen and oxygen atoms in total. The van der Waals surface area contributed by atoms with Crippen LogP contribution in [0.4, 0.5) is 22.0 Å². The zero-order valence-electron chi connectivity index (χ0n) is 19.6. The second kappa shape index (κ2) is 10.4. The Bertz CT molecular complexity index is 1150. The number of benzene rings is 3. The molecule has 0 amide bonds. The van der Waals surface area contributed by atoms with Crippen molar-refractivity contribution in [2.24, 2.45) is 5.92 Å². The van der Waals surface area contributed by atoms with Gasteiger partial charge in [0.2, 0.25) is 0 Å². The highest BCUT2D eigenvalue weighted by atomic mass is 19.3. The van der Waals surface area contributed by atoms with Crippen LogP contribution in [-0.2, 0) is 10.8 Å². The molecule has 1 aliphatic heterocycles. The number of rotatable bonds is 7. The van der Waals surface area contributed by atoms with E-state index in [2.05, 4.69) is 11.7 Å². The predicted octanol–water partition coefficient (Wildman–Crippen LogP) is 8.48. The maximum atomic E-state index is 14.7. The fraction of sp³-hybridized carbons (Fsp3) is 0.357. The van der Waals surface area contributed by atoms with E-state index < -0.39 is 40.4 Å². The van der Waals surface area contributed by atoms with Gasteiger partial charge in [-0.25, -0.2) is 13.2 Å². The van der Waals surface area contributed by atoms with Gasteiger partial charge in [-0.2, -0.15) is 8.78 Å². The molecule has 0 N–H and O–H groups in total. The lowest BCUT2D eigenvalue weighted by molar-refractivity contribution is -0.186. The molecule has 0 spiro atoms. The van der Waals surface area contributed by atoms with Gasteiger partial charge in [0.05, 0.1) is 18.3 Å². The molecule has 4 rings (SSSR count). The molecule has 2 unspecified atom stereocenters. The van der Waals surface area contributed by atoms with Crippen LogP contribution in [0.1, 0.15) is 55.4 Å². The van der Waals surface area contributed by atoms with E-state index in [1.165, 1.54) is 30.7 Å². The van der Waals surface area contributed by atoms with E-state index in [1.54, 1.807) is 0 Å². The summed E-state index contributed by atoms with van der Waals surface area (Å²) in [5.74, 6) is -5.03. The molecule has 0 aromatic heterocycles. The zero-order valence-corrected chi connectivity index (χ0v) is 19.6. The van der Waals surface area contributed by atoms with Gasteiger partial charge in [-0.1, -0.05) is 49.7 Å². The van der Waals surface area contributed by atoms with E-state index in [4.69, 9.17) is 4.74 Å². The van der Waals surface area contributed by atoms with Gasteiger partial charge in [0.1, 0.15) is 5.75 Å². The van der Waals surface area contributed by atoms with Crippen LogP contribution in [0.2, 0.25) is 0 Å². The zero-order chi connectivity index (χ0) is 25.2. The van der Waals surface area contributed by atoms with Gasteiger partial charge in [-0.05, 0) is 60.9 Å². The van der Waals surface area contributed by atoms with Crippen LogP contribution in [-0.4, -0.2) is 6.61 Å². The third-order valence-corrected chi connectivity index (χ3v) is 6.50. The highest BCUT2D eigenvalue weighted by molar-refractivity contribution is 5.64. The van der Waals surface area contributed by atoms with Crippen LogP contribution in [0, 0.1) is 30.3 Å². The monoisotopic (exact) mass is 490 g/mol. The van der Waals surface area contributed by atoms with Crippen molar-refractivity contribution in [3.63, 3.8) is 0 Å². The van der Waals surface area contributed by atoms with Gasteiger partial charge in [-0.3, -0.25) is 0 Å². The standard InChI is InChI=1S/C28H27F5O2/c1-3-4-18-5-14-24(34-16-18)21-8-6-19(7-9-21)20-10-12-22(13-11-20)28(32,33)35-25-15-23(29)27(31)26(30)17(25)2/h6-13,15,18,24H,3-5,14,16H2,1-2H3. The Morgan fingerprint density at radius 1 is 0.914 bits per heavy atom. The lowest BCUT2D eigenvalue weighted by atomic mass is 9.91. The van der Waals surface area contributed by atoms with E-state index in [0.29, 0.717) is 12.0 Å². The van der Waals surface area contributed by atoms with Crippen LogP contribution in [0.15, 0.2) is 54.6 Å². The predicted molar refractivity (Wildman–Crippen MR) is 124 cm³/mol. The normalized spacial score (nSPS) is 18.5. The molecule has 2 atom stereocenters. The number of hydrogen-bond acceptors (Lipinski definition) is 2. The van der Waals surface area contributed by atoms with Crippen molar-refractivity contribution in [2.45, 2.75) is 51.7 Å². The summed E-state index contributed by atoms with van der Waals surface area (Å²) in [5, 5.41) is 0. The largest absolute Gasteiger partial charge is 0.428 e. The molecule has 1 aliphatic rings. The fourth-order valence-corrected chi connectivity index (χ4v) is 4.42. The second-order valence-electron chi connectivity index (χ2n) is 8.98. The molecule has 3 aromatic rings. The molecule has 1 fully saturated rings. The first kappa shape index (κ1) is 25.2. The fourth-order valence-electron chi connectivity index (χ4n) is 4.42. The van der Waals surface area contributed by atoms with E-state index in [1.807, 2.05) is 24.3 Å². The lowest BCUT2D eigenvalue weighted by Crippen LogP contribution is -2.22. The third kappa shape index (κ3) is 5.50. The van der Waals surface area contributed by atoms with E-state index in [9.17, 15) is 22.0 Å². The minimum atomic E-state index is -3.88. The molecular weight excluding hydrogens is 463 g/mol. The molecule has 35 heavy (non-hydrogen) atoms. The molecular formula is C28H27F5O2. The molecule has 0 radical (unpaired) electrons. The van der Waals surface area contributed by atoms with Crippen LogP contribution < -0.4 is 4.74 Å². The maximum Gasteiger partial charge on any atom is 0.426 e. The summed E-state index contributed by atoms with van der Waals surface area (Å²) >= 11 is 0. The summed E-state index contributed by atoms with van der Waals surface area (Å²) in [7, 11) is 0. The van der Waals surface area contributed by atoms with Gasteiger partial charge in [0.25, 0.3) is 0 Å². The Morgan fingerprint density at radius 2 is 1.54 bits per heavy atom. The molecule has 7 heteroatoms. The molecule has 0 saturated carbocycles. The number of ether oxygens (including phenoxy) is 2. The molecule has 1 heterocycles. The summed E-state index contributed by atoms with van der Waals surface area (Å²) in [6.45, 7) is 3.99. The summed E-state index contributed by atoms with van der Waals surface area (Å²) in [5.41, 5.74) is 1.62. The van der Waals surface area contributed by atoms with Crippen molar-refractivity contribution in [1.29, 1.82) is 0 Å². The Labute approximate surface area is 201 Å². The summed E-state index contributed by atoms with van der Waals surface area (Å²) in [6.07, 6.45) is 0.665. The average Bonchev–Trinajstić information content (AvgIpc) is 2.87. The molecule has 0 bridgehead atoms. The topological polar surface area (TPSA) is 18.5 Å². The Kier molecular flexibility index (Phi) is 7.45. The van der Waals surface area contributed by atoms with E-state index in [-0.39, 0.29) is 6.10 Å². The van der Waals surface area contributed by atoms with Crippen molar-refractivity contribution in [3.8, 4) is 16.9 Å². The Balaban J connectivity index is 1.45. The SMILES string of the molecule is CCCC1CCC(c2ccc(-c3ccc(C(F)(F)Oc4cc(F)c(F)c(F)c4C)cc3)cc2)OC1. The van der Waals surface area contributed by atoms with Gasteiger partial charge < -0.3 is 9.47 Å². The van der Waals surface area contributed by atoms with Crippen LogP contribution in [0.3, 0.4) is 0 Å². The highest BCUT2D eigenvalue weighted by Crippen LogP contribution is 2.37. The van der Waals surface area contributed by atoms with E-state index in [0.717, 1.165) is 49.5 Å². The molecule has 186 valence electrons. The highest BCUT2D eigenvalue weighted by Gasteiger charge is 2.36. The number of halogens is 5. The first-order valence-electron chi connectivity index (χ1n) is 11.7. The molecule has 3 aromatic carbocycles. The van der Waals surface area contributed by atoms with Gasteiger partial charge >= 0.3 is 6.11 Å². The van der Waals surface area contributed by atoms with Crippen molar-refractivity contribution in [1.82, 2.24) is 0 Å². The van der Waals surface area contributed by atoms with Crippen LogP contribution in [0.25, 0.3) is 11.1 Å². The van der Waals surface area contributed by atoms with Gasteiger partial charge in [-0.15, -0.1) is 0 Å². The quantitative estimate of drug-likeness (QED) is 0.244. The smallest absolute Gasteiger partial charge is 0.426 e. The summed E-state index contributed by atoms with van der Waals surface area (Å²) in [4.78, 5) is 0. The lowest BCUT2D eigenvalue weighted by Gasteiger charge is -2.29. The van der Waals surface area contributed by atoms with Crippen molar-refractivity contribution in [3.05, 3.63) is 88.7 Å². The number of alkyl halides is 2.